The molecule has 148 valence electrons. The molecule has 0 atom stereocenters. The van der Waals surface area contributed by atoms with E-state index in [4.69, 9.17) is 0 Å². The Labute approximate surface area is 173 Å². The first-order valence-electron chi connectivity index (χ1n) is 9.91. The molecule has 0 bridgehead atoms. The highest BCUT2D eigenvalue weighted by molar-refractivity contribution is 6.08. The molecule has 0 spiro atoms. The lowest BCUT2D eigenvalue weighted by Gasteiger charge is -2.16. The van der Waals surface area contributed by atoms with Crippen LogP contribution in [0.15, 0.2) is 79.0 Å². The second-order valence-corrected chi connectivity index (χ2v) is 7.24. The third-order valence-electron chi connectivity index (χ3n) is 5.38. The molecule has 1 N–H and O–H groups in total. The van der Waals surface area contributed by atoms with Crippen LogP contribution in [-0.2, 0) is 13.0 Å². The number of fused-ring (bicyclic) bond motifs is 2. The molecule has 0 aliphatic carbocycles. The summed E-state index contributed by atoms with van der Waals surface area (Å²) in [7, 11) is 0. The van der Waals surface area contributed by atoms with Crippen LogP contribution in [0.4, 0.5) is 5.69 Å². The summed E-state index contributed by atoms with van der Waals surface area (Å²) in [6.07, 6.45) is 2.58. The summed E-state index contributed by atoms with van der Waals surface area (Å²) in [5.74, 6) is -0.265. The van der Waals surface area contributed by atoms with Crippen LogP contribution in [0.5, 0.6) is 0 Å². The Morgan fingerprint density at radius 3 is 2.57 bits per heavy atom. The standard InChI is InChI=1S/C24H20N4O2/c29-23(25-16-17-8-2-1-3-9-17)21-20-12-6-7-14-27(20)22(26-21)24(30)28-15-13-18-10-4-5-11-19(18)28/h1-12,14H,13,15-16H2,(H,25,29). The maximum atomic E-state index is 13.3. The lowest BCUT2D eigenvalue weighted by molar-refractivity contribution is 0.0948. The number of para-hydroxylation sites is 1. The average molecular weight is 396 g/mol. The Hall–Kier alpha value is -3.93. The fourth-order valence-corrected chi connectivity index (χ4v) is 3.89. The molecule has 5 rings (SSSR count). The maximum absolute atomic E-state index is 13.3. The smallest absolute Gasteiger partial charge is 0.294 e. The number of anilines is 1. The molecule has 2 aromatic heterocycles. The van der Waals surface area contributed by atoms with Gasteiger partial charge in [-0.15, -0.1) is 0 Å². The SMILES string of the molecule is O=C(NCc1ccccc1)c1nc(C(=O)N2CCc3ccccc32)n2ccccc12. The predicted molar refractivity (Wildman–Crippen MR) is 115 cm³/mol. The minimum absolute atomic E-state index is 0.205. The van der Waals surface area contributed by atoms with Crippen molar-refractivity contribution in [3.05, 3.63) is 102 Å². The number of rotatable bonds is 4. The fraction of sp³-hybridized carbons (Fsp3) is 0.125. The largest absolute Gasteiger partial charge is 0.347 e. The molecular formula is C24H20N4O2. The predicted octanol–water partition coefficient (Wildman–Crippen LogP) is 3.47. The van der Waals surface area contributed by atoms with Crippen molar-refractivity contribution in [1.29, 1.82) is 0 Å². The van der Waals surface area contributed by atoms with Crippen molar-refractivity contribution in [3.8, 4) is 0 Å². The van der Waals surface area contributed by atoms with Crippen molar-refractivity contribution in [1.82, 2.24) is 14.7 Å². The Morgan fingerprint density at radius 1 is 0.933 bits per heavy atom. The summed E-state index contributed by atoms with van der Waals surface area (Å²) < 4.78 is 1.70. The number of amides is 2. The van der Waals surface area contributed by atoms with Gasteiger partial charge < -0.3 is 10.2 Å². The van der Waals surface area contributed by atoms with Crippen LogP contribution >= 0.6 is 0 Å². The minimum Gasteiger partial charge on any atom is -0.347 e. The van der Waals surface area contributed by atoms with Crippen molar-refractivity contribution in [3.63, 3.8) is 0 Å². The van der Waals surface area contributed by atoms with Gasteiger partial charge >= 0.3 is 0 Å². The van der Waals surface area contributed by atoms with E-state index in [9.17, 15) is 9.59 Å². The second kappa shape index (κ2) is 7.48. The molecule has 3 heterocycles. The number of hydrogen-bond acceptors (Lipinski definition) is 3. The molecule has 30 heavy (non-hydrogen) atoms. The first-order valence-corrected chi connectivity index (χ1v) is 9.91. The number of pyridine rings is 1. The monoisotopic (exact) mass is 396 g/mol. The molecule has 0 saturated carbocycles. The minimum atomic E-state index is -0.302. The topological polar surface area (TPSA) is 66.7 Å². The zero-order valence-corrected chi connectivity index (χ0v) is 16.3. The number of imidazole rings is 1. The van der Waals surface area contributed by atoms with E-state index in [2.05, 4.69) is 10.3 Å². The lowest BCUT2D eigenvalue weighted by atomic mass is 10.2. The quantitative estimate of drug-likeness (QED) is 0.574. The molecule has 2 aromatic carbocycles. The Kier molecular flexibility index (Phi) is 4.52. The zero-order valence-electron chi connectivity index (χ0n) is 16.3. The normalized spacial score (nSPS) is 12.7. The third kappa shape index (κ3) is 3.12. The van der Waals surface area contributed by atoms with E-state index in [1.165, 1.54) is 0 Å². The number of aromatic nitrogens is 2. The van der Waals surface area contributed by atoms with Gasteiger partial charge in [-0.25, -0.2) is 4.98 Å². The van der Waals surface area contributed by atoms with Gasteiger partial charge in [-0.1, -0.05) is 54.6 Å². The number of carbonyl (C=O) groups is 2. The lowest BCUT2D eigenvalue weighted by Crippen LogP contribution is -2.30. The van der Waals surface area contributed by atoms with Gasteiger partial charge in [0.2, 0.25) is 5.82 Å². The highest BCUT2D eigenvalue weighted by Crippen LogP contribution is 2.29. The molecule has 0 saturated heterocycles. The Bertz CT molecular complexity index is 1250. The number of nitrogens with one attached hydrogen (secondary N) is 1. The molecule has 6 heteroatoms. The van der Waals surface area contributed by atoms with Crippen LogP contribution < -0.4 is 10.2 Å². The van der Waals surface area contributed by atoms with Gasteiger partial charge in [0.15, 0.2) is 5.69 Å². The summed E-state index contributed by atoms with van der Waals surface area (Å²) in [6.45, 7) is 1.00. The van der Waals surface area contributed by atoms with Crippen molar-refractivity contribution in [2.75, 3.05) is 11.4 Å². The molecule has 0 unspecified atom stereocenters. The second-order valence-electron chi connectivity index (χ2n) is 7.24. The third-order valence-corrected chi connectivity index (χ3v) is 5.38. The van der Waals surface area contributed by atoms with Gasteiger partial charge in [-0.2, -0.15) is 0 Å². The van der Waals surface area contributed by atoms with E-state index >= 15 is 0 Å². The Morgan fingerprint density at radius 2 is 1.70 bits per heavy atom. The van der Waals surface area contributed by atoms with Crippen LogP contribution in [0.1, 0.15) is 32.2 Å². The summed E-state index contributed by atoms with van der Waals surface area (Å²) in [4.78, 5) is 32.4. The molecule has 6 nitrogen and oxygen atoms in total. The molecule has 4 aromatic rings. The van der Waals surface area contributed by atoms with Gasteiger partial charge in [0, 0.05) is 25.0 Å². The van der Waals surface area contributed by atoms with E-state index in [-0.39, 0.29) is 23.3 Å². The number of nitrogens with zero attached hydrogens (tertiary/aromatic N) is 3. The first kappa shape index (κ1) is 18.1. The van der Waals surface area contributed by atoms with Crippen LogP contribution in [0.25, 0.3) is 5.52 Å². The van der Waals surface area contributed by atoms with Gasteiger partial charge in [-0.05, 0) is 35.7 Å². The number of benzene rings is 2. The number of carbonyl (C=O) groups excluding carboxylic acids is 2. The average Bonchev–Trinajstić information content (AvgIpc) is 3.40. The summed E-state index contributed by atoms with van der Waals surface area (Å²) >= 11 is 0. The first-order chi connectivity index (χ1) is 14.7. The number of hydrogen-bond donors (Lipinski definition) is 1. The van der Waals surface area contributed by atoms with E-state index in [0.717, 1.165) is 23.2 Å². The van der Waals surface area contributed by atoms with Crippen molar-refractivity contribution >= 4 is 23.0 Å². The highest BCUT2D eigenvalue weighted by Gasteiger charge is 2.29. The zero-order chi connectivity index (χ0) is 20.5. The van der Waals surface area contributed by atoms with E-state index < -0.39 is 0 Å². The van der Waals surface area contributed by atoms with Gasteiger partial charge in [0.25, 0.3) is 11.8 Å². The van der Waals surface area contributed by atoms with E-state index in [1.54, 1.807) is 21.6 Å². The van der Waals surface area contributed by atoms with E-state index in [1.807, 2.05) is 66.7 Å². The molecular weight excluding hydrogens is 376 g/mol. The van der Waals surface area contributed by atoms with Crippen LogP contribution in [0.3, 0.4) is 0 Å². The fourth-order valence-electron chi connectivity index (χ4n) is 3.89. The van der Waals surface area contributed by atoms with Crippen LogP contribution in [-0.4, -0.2) is 27.7 Å². The molecule has 1 aliphatic heterocycles. The maximum Gasteiger partial charge on any atom is 0.294 e. The Balaban J connectivity index is 1.47. The van der Waals surface area contributed by atoms with Crippen molar-refractivity contribution < 1.29 is 9.59 Å². The van der Waals surface area contributed by atoms with Crippen LogP contribution in [0.2, 0.25) is 0 Å². The summed E-state index contributed by atoms with van der Waals surface area (Å²) in [5.41, 5.74) is 3.92. The van der Waals surface area contributed by atoms with Crippen LogP contribution in [0, 0.1) is 0 Å². The van der Waals surface area contributed by atoms with Gasteiger partial charge in [0.05, 0.1) is 5.52 Å². The van der Waals surface area contributed by atoms with Crippen molar-refractivity contribution in [2.45, 2.75) is 13.0 Å². The summed E-state index contributed by atoms with van der Waals surface area (Å²) in [6, 6.07) is 23.1. The molecule has 2 amide bonds. The molecule has 0 radical (unpaired) electrons. The van der Waals surface area contributed by atoms with Gasteiger partial charge in [-0.3, -0.25) is 14.0 Å². The molecule has 0 fully saturated rings. The molecule has 1 aliphatic rings. The summed E-state index contributed by atoms with van der Waals surface area (Å²) in [5, 5.41) is 2.91. The van der Waals surface area contributed by atoms with Gasteiger partial charge in [0.1, 0.15) is 0 Å². The highest BCUT2D eigenvalue weighted by atomic mass is 16.2. The van der Waals surface area contributed by atoms with E-state index in [0.29, 0.717) is 18.6 Å². The van der Waals surface area contributed by atoms with Crippen molar-refractivity contribution in [2.24, 2.45) is 0 Å².